The van der Waals surface area contributed by atoms with Gasteiger partial charge in [0.1, 0.15) is 5.82 Å². The first-order chi connectivity index (χ1) is 8.18. The fourth-order valence-electron chi connectivity index (χ4n) is 2.26. The molecule has 0 saturated carbocycles. The van der Waals surface area contributed by atoms with Crippen LogP contribution >= 0.6 is 0 Å². The maximum absolute atomic E-state index is 5.96. The Kier molecular flexibility index (Phi) is 3.97. The van der Waals surface area contributed by atoms with Crippen molar-refractivity contribution in [3.05, 3.63) is 23.9 Å². The van der Waals surface area contributed by atoms with E-state index in [-0.39, 0.29) is 6.04 Å². The van der Waals surface area contributed by atoms with Crippen LogP contribution in [-0.4, -0.2) is 31.3 Å². The summed E-state index contributed by atoms with van der Waals surface area (Å²) in [5.41, 5.74) is 7.05. The van der Waals surface area contributed by atoms with Crippen molar-refractivity contribution in [1.82, 2.24) is 4.98 Å². The van der Waals surface area contributed by atoms with E-state index in [9.17, 15) is 0 Å². The van der Waals surface area contributed by atoms with Gasteiger partial charge in [0.15, 0.2) is 0 Å². The van der Waals surface area contributed by atoms with E-state index in [4.69, 9.17) is 10.5 Å². The molecular formula is C13H21N3O. The molecule has 0 spiro atoms. The van der Waals surface area contributed by atoms with E-state index in [1.807, 2.05) is 25.3 Å². The van der Waals surface area contributed by atoms with E-state index in [0.717, 1.165) is 31.0 Å². The third kappa shape index (κ3) is 2.96. The summed E-state index contributed by atoms with van der Waals surface area (Å²) in [7, 11) is 2.05. The number of rotatable bonds is 4. The largest absolute Gasteiger partial charge is 0.376 e. The van der Waals surface area contributed by atoms with Crippen molar-refractivity contribution in [2.24, 2.45) is 5.73 Å². The van der Waals surface area contributed by atoms with Gasteiger partial charge in [-0.05, 0) is 25.8 Å². The molecule has 1 aliphatic rings. The maximum atomic E-state index is 5.96. The summed E-state index contributed by atoms with van der Waals surface area (Å²) in [4.78, 5) is 6.58. The number of anilines is 1. The van der Waals surface area contributed by atoms with Crippen LogP contribution in [0.3, 0.4) is 0 Å². The highest BCUT2D eigenvalue weighted by molar-refractivity contribution is 5.47. The summed E-state index contributed by atoms with van der Waals surface area (Å²) in [5.74, 6) is 0.970. The molecule has 0 bridgehead atoms. The van der Waals surface area contributed by atoms with Gasteiger partial charge in [-0.1, -0.05) is 6.07 Å². The lowest BCUT2D eigenvalue weighted by Gasteiger charge is -2.24. The van der Waals surface area contributed by atoms with Crippen molar-refractivity contribution >= 4 is 5.82 Å². The van der Waals surface area contributed by atoms with Gasteiger partial charge in [-0.3, -0.25) is 0 Å². The minimum absolute atomic E-state index is 0.00523. The first-order valence-electron chi connectivity index (χ1n) is 6.21. The molecule has 1 saturated heterocycles. The van der Waals surface area contributed by atoms with Gasteiger partial charge >= 0.3 is 0 Å². The van der Waals surface area contributed by atoms with E-state index in [0.29, 0.717) is 6.10 Å². The average Bonchev–Trinajstić information content (AvgIpc) is 2.81. The normalized spacial score (nSPS) is 21.5. The second-order valence-corrected chi connectivity index (χ2v) is 4.72. The summed E-state index contributed by atoms with van der Waals surface area (Å²) in [5, 5.41) is 0. The van der Waals surface area contributed by atoms with Crippen LogP contribution in [0.25, 0.3) is 0 Å². The molecule has 2 N–H and O–H groups in total. The number of hydrogen-bond donors (Lipinski definition) is 1. The van der Waals surface area contributed by atoms with Crippen molar-refractivity contribution in [3.63, 3.8) is 0 Å². The van der Waals surface area contributed by atoms with Gasteiger partial charge in [0.05, 0.1) is 6.10 Å². The van der Waals surface area contributed by atoms with Crippen molar-refractivity contribution in [1.29, 1.82) is 0 Å². The molecule has 1 aromatic heterocycles. The van der Waals surface area contributed by atoms with E-state index in [1.165, 1.54) is 6.42 Å². The first kappa shape index (κ1) is 12.3. The zero-order chi connectivity index (χ0) is 12.3. The van der Waals surface area contributed by atoms with Crippen LogP contribution in [0.2, 0.25) is 0 Å². The molecule has 0 aliphatic carbocycles. The highest BCUT2D eigenvalue weighted by atomic mass is 16.5. The van der Waals surface area contributed by atoms with Crippen LogP contribution in [0, 0.1) is 0 Å². The number of hydrogen-bond acceptors (Lipinski definition) is 4. The van der Waals surface area contributed by atoms with E-state index >= 15 is 0 Å². The Morgan fingerprint density at radius 2 is 2.47 bits per heavy atom. The Bertz CT molecular complexity index is 361. The molecule has 0 aromatic carbocycles. The molecule has 94 valence electrons. The monoisotopic (exact) mass is 235 g/mol. The topological polar surface area (TPSA) is 51.4 Å². The second kappa shape index (κ2) is 5.47. The van der Waals surface area contributed by atoms with Gasteiger partial charge in [-0.15, -0.1) is 0 Å². The Morgan fingerprint density at radius 3 is 3.12 bits per heavy atom. The molecule has 2 heterocycles. The van der Waals surface area contributed by atoms with Gasteiger partial charge in [-0.2, -0.15) is 0 Å². The molecule has 17 heavy (non-hydrogen) atoms. The quantitative estimate of drug-likeness (QED) is 0.863. The van der Waals surface area contributed by atoms with Gasteiger partial charge in [0.2, 0.25) is 0 Å². The van der Waals surface area contributed by atoms with Crippen LogP contribution in [0.5, 0.6) is 0 Å². The summed E-state index contributed by atoms with van der Waals surface area (Å²) < 4.78 is 5.64. The third-order valence-corrected chi connectivity index (χ3v) is 3.17. The third-order valence-electron chi connectivity index (χ3n) is 3.17. The Hall–Kier alpha value is -1.13. The fraction of sp³-hybridized carbons (Fsp3) is 0.615. The van der Waals surface area contributed by atoms with Crippen molar-refractivity contribution in [3.8, 4) is 0 Å². The molecule has 1 aromatic rings. The molecule has 4 heteroatoms. The minimum Gasteiger partial charge on any atom is -0.376 e. The molecule has 1 unspecified atom stereocenters. The molecular weight excluding hydrogens is 214 g/mol. The van der Waals surface area contributed by atoms with Crippen molar-refractivity contribution < 1.29 is 4.74 Å². The minimum atomic E-state index is 0.00523. The first-order valence-corrected chi connectivity index (χ1v) is 6.21. The van der Waals surface area contributed by atoms with E-state index in [1.54, 1.807) is 0 Å². The zero-order valence-corrected chi connectivity index (χ0v) is 10.6. The highest BCUT2D eigenvalue weighted by Crippen LogP contribution is 2.23. The molecule has 2 atom stereocenters. The van der Waals surface area contributed by atoms with Crippen LogP contribution in [0.1, 0.15) is 31.4 Å². The number of nitrogens with zero attached hydrogens (tertiary/aromatic N) is 2. The van der Waals surface area contributed by atoms with E-state index < -0.39 is 0 Å². The summed E-state index contributed by atoms with van der Waals surface area (Å²) >= 11 is 0. The summed E-state index contributed by atoms with van der Waals surface area (Å²) in [6.07, 6.45) is 4.46. The highest BCUT2D eigenvalue weighted by Gasteiger charge is 2.19. The SMILES string of the molecule is C[C@H](N)c1cccnc1N(C)CC1CCCO1. The fourth-order valence-corrected chi connectivity index (χ4v) is 2.26. The lowest BCUT2D eigenvalue weighted by molar-refractivity contribution is 0.116. The smallest absolute Gasteiger partial charge is 0.133 e. The second-order valence-electron chi connectivity index (χ2n) is 4.72. The lowest BCUT2D eigenvalue weighted by Crippen LogP contribution is -2.30. The predicted octanol–water partition coefficient (Wildman–Crippen LogP) is 1.72. The van der Waals surface area contributed by atoms with Crippen molar-refractivity contribution in [2.75, 3.05) is 25.1 Å². The number of ether oxygens (including phenoxy) is 1. The Balaban J connectivity index is 2.09. The Labute approximate surface area is 103 Å². The lowest BCUT2D eigenvalue weighted by atomic mass is 10.1. The van der Waals surface area contributed by atoms with Crippen molar-refractivity contribution in [2.45, 2.75) is 31.9 Å². The molecule has 0 amide bonds. The average molecular weight is 235 g/mol. The zero-order valence-electron chi connectivity index (χ0n) is 10.6. The molecule has 4 nitrogen and oxygen atoms in total. The summed E-state index contributed by atoms with van der Waals surface area (Å²) in [6.45, 7) is 3.76. The van der Waals surface area contributed by atoms with E-state index in [2.05, 4.69) is 16.9 Å². The van der Waals surface area contributed by atoms with Crippen LogP contribution in [0.15, 0.2) is 18.3 Å². The summed E-state index contributed by atoms with van der Waals surface area (Å²) in [6, 6.07) is 3.98. The molecule has 1 fully saturated rings. The number of pyridine rings is 1. The molecule has 1 aliphatic heterocycles. The van der Waals surface area contributed by atoms with Gasteiger partial charge in [-0.25, -0.2) is 4.98 Å². The predicted molar refractivity (Wildman–Crippen MR) is 69.1 cm³/mol. The maximum Gasteiger partial charge on any atom is 0.133 e. The van der Waals surface area contributed by atoms with Gasteiger partial charge in [0.25, 0.3) is 0 Å². The van der Waals surface area contributed by atoms with Crippen LogP contribution in [0.4, 0.5) is 5.82 Å². The van der Waals surface area contributed by atoms with Crippen LogP contribution in [-0.2, 0) is 4.74 Å². The number of likely N-dealkylation sites (N-methyl/N-ethyl adjacent to an activating group) is 1. The van der Waals surface area contributed by atoms with Crippen LogP contribution < -0.4 is 10.6 Å². The Morgan fingerprint density at radius 1 is 1.65 bits per heavy atom. The standard InChI is InChI=1S/C13H21N3O/c1-10(14)12-6-3-7-15-13(12)16(2)9-11-5-4-8-17-11/h3,6-7,10-11H,4-5,8-9,14H2,1-2H3/t10-,11?/m0/s1. The number of nitrogens with two attached hydrogens (primary N) is 1. The molecule has 0 radical (unpaired) electrons. The molecule has 2 rings (SSSR count). The van der Waals surface area contributed by atoms with Gasteiger partial charge in [0, 0.05) is 38.0 Å². The number of aromatic nitrogens is 1. The van der Waals surface area contributed by atoms with Gasteiger partial charge < -0.3 is 15.4 Å².